The van der Waals surface area contributed by atoms with Crippen LogP contribution >= 0.6 is 0 Å². The van der Waals surface area contributed by atoms with E-state index in [1.807, 2.05) is 0 Å². The second-order valence-electron chi connectivity index (χ2n) is 4.91. The molecule has 0 bridgehead atoms. The molecule has 1 aromatic carbocycles. The standard InChI is InChI=1S/C13H14O2/c1-6-3-7(2)10-8(4-6)5-9-11(10)12(9)13(14)15/h3-4,9,11-12H,5H2,1-2H3,(H,14,15)/t9-,11+,12-/m0/s1. The van der Waals surface area contributed by atoms with Crippen LogP contribution in [-0.2, 0) is 11.2 Å². The van der Waals surface area contributed by atoms with Crippen molar-refractivity contribution < 1.29 is 9.90 Å². The molecule has 2 nitrogen and oxygen atoms in total. The maximum Gasteiger partial charge on any atom is 0.307 e. The molecule has 2 heteroatoms. The first-order chi connectivity index (χ1) is 7.09. The van der Waals surface area contributed by atoms with Crippen molar-refractivity contribution in [3.63, 3.8) is 0 Å². The summed E-state index contributed by atoms with van der Waals surface area (Å²) in [6.45, 7) is 4.21. The van der Waals surface area contributed by atoms with Crippen LogP contribution in [0.5, 0.6) is 0 Å². The molecule has 1 N–H and O–H groups in total. The molecule has 0 spiro atoms. The molecule has 0 amide bonds. The molecule has 0 heterocycles. The minimum absolute atomic E-state index is 0.0982. The lowest BCUT2D eigenvalue weighted by Crippen LogP contribution is -2.06. The zero-order valence-electron chi connectivity index (χ0n) is 8.95. The lowest BCUT2D eigenvalue weighted by molar-refractivity contribution is -0.139. The fourth-order valence-corrected chi connectivity index (χ4v) is 3.32. The number of aryl methyl sites for hydroxylation is 2. The van der Waals surface area contributed by atoms with Crippen LogP contribution in [0.25, 0.3) is 0 Å². The van der Waals surface area contributed by atoms with E-state index < -0.39 is 5.97 Å². The quantitative estimate of drug-likeness (QED) is 0.758. The summed E-state index contributed by atoms with van der Waals surface area (Å²) in [5.41, 5.74) is 5.29. The molecule has 0 aliphatic heterocycles. The fourth-order valence-electron chi connectivity index (χ4n) is 3.32. The number of fused-ring (bicyclic) bond motifs is 3. The maximum atomic E-state index is 11.0. The number of hydrogen-bond acceptors (Lipinski definition) is 1. The van der Waals surface area contributed by atoms with E-state index in [2.05, 4.69) is 26.0 Å². The largest absolute Gasteiger partial charge is 0.481 e. The number of carboxylic acids is 1. The zero-order chi connectivity index (χ0) is 10.7. The second-order valence-corrected chi connectivity index (χ2v) is 4.91. The number of carbonyl (C=O) groups is 1. The predicted octanol–water partition coefficient (Wildman–Crippen LogP) is 2.27. The van der Waals surface area contributed by atoms with Gasteiger partial charge in [0.1, 0.15) is 0 Å². The highest BCUT2D eigenvalue weighted by atomic mass is 16.4. The van der Waals surface area contributed by atoms with Gasteiger partial charge in [-0.25, -0.2) is 0 Å². The normalized spacial score (nSPS) is 30.9. The van der Waals surface area contributed by atoms with Crippen LogP contribution in [-0.4, -0.2) is 11.1 Å². The molecular formula is C13H14O2. The molecular weight excluding hydrogens is 188 g/mol. The van der Waals surface area contributed by atoms with Crippen molar-refractivity contribution in [2.45, 2.75) is 26.2 Å². The highest BCUT2D eigenvalue weighted by Gasteiger charge is 2.60. The summed E-state index contributed by atoms with van der Waals surface area (Å²) in [7, 11) is 0. The average Bonchev–Trinajstić information content (AvgIpc) is 2.67. The first kappa shape index (κ1) is 8.96. The van der Waals surface area contributed by atoms with E-state index in [1.54, 1.807) is 0 Å². The molecule has 0 unspecified atom stereocenters. The van der Waals surface area contributed by atoms with Crippen LogP contribution in [0, 0.1) is 25.7 Å². The minimum Gasteiger partial charge on any atom is -0.481 e. The molecule has 2 aliphatic carbocycles. The predicted molar refractivity (Wildman–Crippen MR) is 57.0 cm³/mol. The summed E-state index contributed by atoms with van der Waals surface area (Å²) >= 11 is 0. The smallest absolute Gasteiger partial charge is 0.307 e. The highest BCUT2D eigenvalue weighted by molar-refractivity contribution is 5.78. The van der Waals surface area contributed by atoms with Gasteiger partial charge in [-0.2, -0.15) is 0 Å². The zero-order valence-corrected chi connectivity index (χ0v) is 8.95. The van der Waals surface area contributed by atoms with Crippen molar-refractivity contribution in [2.24, 2.45) is 11.8 Å². The van der Waals surface area contributed by atoms with Crippen LogP contribution in [0.4, 0.5) is 0 Å². The van der Waals surface area contributed by atoms with Gasteiger partial charge in [-0.1, -0.05) is 17.7 Å². The number of hydrogen-bond donors (Lipinski definition) is 1. The molecule has 1 aromatic rings. The van der Waals surface area contributed by atoms with Crippen LogP contribution in [0.15, 0.2) is 12.1 Å². The highest BCUT2D eigenvalue weighted by Crippen LogP contribution is 2.62. The SMILES string of the molecule is Cc1cc(C)c2c(c1)C[C@@H]1[C@H](C(=O)O)[C@@H]21. The van der Waals surface area contributed by atoms with Crippen LogP contribution in [0.3, 0.4) is 0 Å². The van der Waals surface area contributed by atoms with Gasteiger partial charge in [-0.05, 0) is 42.9 Å². The van der Waals surface area contributed by atoms with Gasteiger partial charge in [0.15, 0.2) is 0 Å². The summed E-state index contributed by atoms with van der Waals surface area (Å²) in [5.74, 6) is -0.00867. The van der Waals surface area contributed by atoms with Crippen molar-refractivity contribution >= 4 is 5.97 Å². The van der Waals surface area contributed by atoms with Crippen molar-refractivity contribution in [1.29, 1.82) is 0 Å². The van der Waals surface area contributed by atoms with Gasteiger partial charge >= 0.3 is 5.97 Å². The lowest BCUT2D eigenvalue weighted by Gasteiger charge is -2.10. The van der Waals surface area contributed by atoms with Gasteiger partial charge in [0.2, 0.25) is 0 Å². The molecule has 2 aliphatic rings. The van der Waals surface area contributed by atoms with E-state index in [1.165, 1.54) is 22.3 Å². The second kappa shape index (κ2) is 2.63. The molecule has 0 saturated heterocycles. The third-order valence-electron chi connectivity index (χ3n) is 3.86. The Labute approximate surface area is 88.9 Å². The van der Waals surface area contributed by atoms with Gasteiger partial charge in [-0.15, -0.1) is 0 Å². The van der Waals surface area contributed by atoms with Gasteiger partial charge in [0.25, 0.3) is 0 Å². The molecule has 3 rings (SSSR count). The van der Waals surface area contributed by atoms with Crippen molar-refractivity contribution in [3.05, 3.63) is 34.4 Å². The van der Waals surface area contributed by atoms with E-state index in [0.29, 0.717) is 11.8 Å². The van der Waals surface area contributed by atoms with Gasteiger partial charge < -0.3 is 5.11 Å². The van der Waals surface area contributed by atoms with Crippen molar-refractivity contribution in [1.82, 2.24) is 0 Å². The molecule has 1 saturated carbocycles. The summed E-state index contributed by atoms with van der Waals surface area (Å²) in [5, 5.41) is 9.03. The number of carboxylic acid groups (broad SMARTS) is 1. The Morgan fingerprint density at radius 2 is 2.13 bits per heavy atom. The van der Waals surface area contributed by atoms with Gasteiger partial charge in [0, 0.05) is 5.92 Å². The van der Waals surface area contributed by atoms with Crippen LogP contribution < -0.4 is 0 Å². The molecule has 15 heavy (non-hydrogen) atoms. The van der Waals surface area contributed by atoms with Gasteiger partial charge in [0.05, 0.1) is 5.92 Å². The first-order valence-corrected chi connectivity index (χ1v) is 5.42. The molecule has 0 aromatic heterocycles. The third-order valence-corrected chi connectivity index (χ3v) is 3.86. The van der Waals surface area contributed by atoms with Crippen molar-refractivity contribution in [3.8, 4) is 0 Å². The molecule has 3 atom stereocenters. The van der Waals surface area contributed by atoms with Crippen LogP contribution in [0.2, 0.25) is 0 Å². The average molecular weight is 202 g/mol. The molecule has 1 fully saturated rings. The van der Waals surface area contributed by atoms with Crippen molar-refractivity contribution in [2.75, 3.05) is 0 Å². The molecule has 78 valence electrons. The monoisotopic (exact) mass is 202 g/mol. The molecule has 0 radical (unpaired) electrons. The topological polar surface area (TPSA) is 37.3 Å². The minimum atomic E-state index is -0.615. The van der Waals surface area contributed by atoms with E-state index >= 15 is 0 Å². The van der Waals surface area contributed by atoms with E-state index in [4.69, 9.17) is 5.11 Å². The summed E-state index contributed by atoms with van der Waals surface area (Å²) in [6, 6.07) is 4.38. The fraction of sp³-hybridized carbons (Fsp3) is 0.462. The Bertz CT molecular complexity index is 462. The number of benzene rings is 1. The lowest BCUT2D eigenvalue weighted by atomic mass is 9.95. The third kappa shape index (κ3) is 1.08. The first-order valence-electron chi connectivity index (χ1n) is 5.42. The summed E-state index contributed by atoms with van der Waals surface area (Å²) < 4.78 is 0. The van der Waals surface area contributed by atoms with Crippen LogP contribution in [0.1, 0.15) is 28.2 Å². The summed E-state index contributed by atoms with van der Waals surface area (Å²) in [6.07, 6.45) is 0.972. The van der Waals surface area contributed by atoms with Gasteiger partial charge in [-0.3, -0.25) is 4.79 Å². The van der Waals surface area contributed by atoms with E-state index in [0.717, 1.165) is 6.42 Å². The summed E-state index contributed by atoms with van der Waals surface area (Å²) in [4.78, 5) is 11.0. The maximum absolute atomic E-state index is 11.0. The Balaban J connectivity index is 2.06. The van der Waals surface area contributed by atoms with E-state index in [-0.39, 0.29) is 5.92 Å². The van der Waals surface area contributed by atoms with E-state index in [9.17, 15) is 4.79 Å². The number of rotatable bonds is 1. The Morgan fingerprint density at radius 3 is 2.80 bits per heavy atom. The Kier molecular flexibility index (Phi) is 1.57. The number of aliphatic carboxylic acids is 1. The Hall–Kier alpha value is -1.31. The Morgan fingerprint density at radius 1 is 1.40 bits per heavy atom.